The van der Waals surface area contributed by atoms with Crippen molar-refractivity contribution in [3.8, 4) is 0 Å². The van der Waals surface area contributed by atoms with Gasteiger partial charge in [-0.2, -0.15) is 0 Å². The van der Waals surface area contributed by atoms with Crippen molar-refractivity contribution >= 4 is 33.9 Å². The first kappa shape index (κ1) is 34.4. The van der Waals surface area contributed by atoms with Crippen LogP contribution in [0.5, 0.6) is 0 Å². The van der Waals surface area contributed by atoms with Crippen molar-refractivity contribution in [2.24, 2.45) is 5.92 Å². The summed E-state index contributed by atoms with van der Waals surface area (Å²) in [5, 5.41) is 8.92. The monoisotopic (exact) mass is 681 g/mol. The molecule has 1 aliphatic heterocycles. The zero-order valence-corrected chi connectivity index (χ0v) is 27.6. The van der Waals surface area contributed by atoms with E-state index in [1.807, 2.05) is 60.7 Å². The van der Waals surface area contributed by atoms with E-state index >= 15 is 0 Å². The number of carbonyl (C=O) groups excluding carboxylic acids is 3. The highest BCUT2D eigenvalue weighted by Crippen LogP contribution is 2.37. The van der Waals surface area contributed by atoms with Crippen LogP contribution in [-0.4, -0.2) is 47.2 Å². The summed E-state index contributed by atoms with van der Waals surface area (Å²) in [5.74, 6) is -0.863. The quantitative estimate of drug-likeness (QED) is 0.108. The third-order valence-corrected chi connectivity index (χ3v) is 8.83. The number of nitrogens with zero attached hydrogens (tertiary/aromatic N) is 1. The van der Waals surface area contributed by atoms with Gasteiger partial charge in [-0.25, -0.2) is 9.69 Å². The lowest BCUT2D eigenvalue weighted by atomic mass is 9.90. The van der Waals surface area contributed by atoms with Crippen molar-refractivity contribution in [1.82, 2.24) is 4.90 Å². The lowest BCUT2D eigenvalue weighted by Crippen LogP contribution is -2.46. The van der Waals surface area contributed by atoms with Gasteiger partial charge < -0.3 is 19.0 Å². The summed E-state index contributed by atoms with van der Waals surface area (Å²) in [7, 11) is 0. The Morgan fingerprint density at radius 1 is 0.933 bits per heavy atom. The Hall–Kier alpha value is -3.43. The van der Waals surface area contributed by atoms with Gasteiger partial charge in [-0.15, -0.1) is 0 Å². The van der Waals surface area contributed by atoms with E-state index in [-0.39, 0.29) is 19.6 Å². The molecule has 2 aromatic carbocycles. The molecule has 0 aliphatic carbocycles. The molecule has 1 fully saturated rings. The molecule has 4 rings (SSSR count). The second kappa shape index (κ2) is 17.9. The minimum Gasteiger partial charge on any atom is -0.461 e. The topological polar surface area (TPSA) is 106 Å². The number of aliphatic hydroxyl groups is 1. The van der Waals surface area contributed by atoms with E-state index in [1.54, 1.807) is 6.07 Å². The van der Waals surface area contributed by atoms with Gasteiger partial charge in [0.2, 0.25) is 5.91 Å². The standard InChI is InChI=1S/C36H44BrNO7/c1-26(40)44-34(33-24-31(37)32(45-33)20-14-6-4-2-3-5-7-15-21-39)30(23-28-18-12-9-13-19-28)35(41)38-29(25-43-36(38)42)22-27-16-10-8-11-17-27/h8-13,16-19,24,29-30,34,39H,2-7,14-15,20-23,25H2,1H3/t29-,30-,34-/m1/s1. The summed E-state index contributed by atoms with van der Waals surface area (Å²) in [6.45, 7) is 1.66. The Morgan fingerprint density at radius 2 is 1.53 bits per heavy atom. The van der Waals surface area contributed by atoms with Gasteiger partial charge in [-0.3, -0.25) is 9.59 Å². The zero-order valence-electron chi connectivity index (χ0n) is 26.0. The van der Waals surface area contributed by atoms with Gasteiger partial charge >= 0.3 is 12.1 Å². The number of unbranched alkanes of at least 4 members (excludes halogenated alkanes) is 7. The molecule has 0 bridgehead atoms. The molecule has 0 spiro atoms. The average molecular weight is 683 g/mol. The fourth-order valence-corrected chi connectivity index (χ4v) is 6.35. The number of rotatable bonds is 18. The number of cyclic esters (lactones) is 1. The summed E-state index contributed by atoms with van der Waals surface area (Å²) in [6.07, 6.45) is 8.19. The molecule has 3 atom stereocenters. The van der Waals surface area contributed by atoms with Gasteiger partial charge in [0.1, 0.15) is 18.1 Å². The van der Waals surface area contributed by atoms with Crippen molar-refractivity contribution in [3.05, 3.63) is 93.9 Å². The fraction of sp³-hybridized carbons (Fsp3) is 0.472. The maximum Gasteiger partial charge on any atom is 0.416 e. The number of imide groups is 1. The third kappa shape index (κ3) is 10.3. The maximum absolute atomic E-state index is 14.4. The van der Waals surface area contributed by atoms with Crippen LogP contribution < -0.4 is 0 Å². The first-order valence-electron chi connectivity index (χ1n) is 16.0. The molecular formula is C36H44BrNO7. The second-order valence-corrected chi connectivity index (χ2v) is 12.5. The number of benzene rings is 2. The summed E-state index contributed by atoms with van der Waals surface area (Å²) in [5.41, 5.74) is 1.85. The van der Waals surface area contributed by atoms with Crippen molar-refractivity contribution in [1.29, 1.82) is 0 Å². The van der Waals surface area contributed by atoms with Crippen LogP contribution in [0.2, 0.25) is 0 Å². The molecule has 8 nitrogen and oxygen atoms in total. The van der Waals surface area contributed by atoms with E-state index in [2.05, 4.69) is 15.9 Å². The Kier molecular flexibility index (Phi) is 13.7. The number of carbonyl (C=O) groups is 3. The fourth-order valence-electron chi connectivity index (χ4n) is 5.85. The zero-order chi connectivity index (χ0) is 32.0. The molecule has 45 heavy (non-hydrogen) atoms. The normalized spacial score (nSPS) is 15.9. The summed E-state index contributed by atoms with van der Waals surface area (Å²) >= 11 is 3.62. The number of hydrogen-bond acceptors (Lipinski definition) is 7. The summed E-state index contributed by atoms with van der Waals surface area (Å²) < 4.78 is 18.3. The molecule has 0 unspecified atom stereocenters. The van der Waals surface area contributed by atoms with Crippen LogP contribution in [0.3, 0.4) is 0 Å². The van der Waals surface area contributed by atoms with Crippen LogP contribution in [0.4, 0.5) is 4.79 Å². The van der Waals surface area contributed by atoms with Gasteiger partial charge in [0.25, 0.3) is 0 Å². The van der Waals surface area contributed by atoms with Crippen LogP contribution in [0.15, 0.2) is 75.6 Å². The predicted molar refractivity (Wildman–Crippen MR) is 174 cm³/mol. The highest BCUT2D eigenvalue weighted by atomic mass is 79.9. The Morgan fingerprint density at radius 3 is 2.16 bits per heavy atom. The van der Waals surface area contributed by atoms with Gasteiger partial charge in [0.05, 0.1) is 16.4 Å². The van der Waals surface area contributed by atoms with E-state index < -0.39 is 36.0 Å². The van der Waals surface area contributed by atoms with Crippen LogP contribution in [0, 0.1) is 5.92 Å². The molecule has 9 heteroatoms. The maximum atomic E-state index is 14.4. The van der Waals surface area contributed by atoms with E-state index in [4.69, 9.17) is 19.0 Å². The number of furan rings is 1. The van der Waals surface area contributed by atoms with E-state index in [9.17, 15) is 14.4 Å². The molecular weight excluding hydrogens is 638 g/mol. The van der Waals surface area contributed by atoms with E-state index in [0.29, 0.717) is 18.6 Å². The van der Waals surface area contributed by atoms with Gasteiger partial charge in [0, 0.05) is 20.0 Å². The van der Waals surface area contributed by atoms with Gasteiger partial charge in [-0.05, 0) is 58.8 Å². The number of esters is 1. The lowest BCUT2D eigenvalue weighted by Gasteiger charge is -2.29. The Bertz CT molecular complexity index is 1360. The SMILES string of the molecule is CC(=O)O[C@@H](c1cc(Br)c(CCCCCCCCCCO)o1)[C@@H](Cc1ccccc1)C(=O)N1C(=O)OC[C@H]1Cc1ccccc1. The molecule has 1 aliphatic rings. The van der Waals surface area contributed by atoms with E-state index in [0.717, 1.165) is 66.3 Å². The van der Waals surface area contributed by atoms with Crippen LogP contribution in [0.1, 0.15) is 87.0 Å². The minimum atomic E-state index is -1.05. The first-order valence-corrected chi connectivity index (χ1v) is 16.8. The van der Waals surface area contributed by atoms with Crippen molar-refractivity contribution in [3.63, 3.8) is 0 Å². The van der Waals surface area contributed by atoms with Crippen molar-refractivity contribution < 1.29 is 33.4 Å². The third-order valence-electron chi connectivity index (χ3n) is 8.16. The minimum absolute atomic E-state index is 0.0921. The molecule has 1 aromatic heterocycles. The molecule has 0 radical (unpaired) electrons. The Balaban J connectivity index is 1.53. The molecule has 0 saturated carbocycles. The molecule has 2 heterocycles. The van der Waals surface area contributed by atoms with Crippen LogP contribution in [-0.2, 0) is 38.3 Å². The molecule has 242 valence electrons. The number of ether oxygens (including phenoxy) is 2. The number of aryl methyl sites for hydroxylation is 1. The summed E-state index contributed by atoms with van der Waals surface area (Å²) in [6, 6.07) is 20.4. The number of halogens is 1. The number of aliphatic hydroxyl groups excluding tert-OH is 1. The predicted octanol–water partition coefficient (Wildman–Crippen LogP) is 7.75. The largest absolute Gasteiger partial charge is 0.461 e. The highest BCUT2D eigenvalue weighted by molar-refractivity contribution is 9.10. The molecule has 1 saturated heterocycles. The van der Waals surface area contributed by atoms with Gasteiger partial charge in [-0.1, -0.05) is 99.2 Å². The average Bonchev–Trinajstić information content (AvgIpc) is 3.59. The van der Waals surface area contributed by atoms with Crippen molar-refractivity contribution in [2.75, 3.05) is 13.2 Å². The van der Waals surface area contributed by atoms with E-state index in [1.165, 1.54) is 18.2 Å². The molecule has 1 N–H and O–H groups in total. The first-order chi connectivity index (χ1) is 21.9. The van der Waals surface area contributed by atoms with Crippen LogP contribution >= 0.6 is 15.9 Å². The summed E-state index contributed by atoms with van der Waals surface area (Å²) in [4.78, 5) is 41.0. The smallest absolute Gasteiger partial charge is 0.416 e. The lowest BCUT2D eigenvalue weighted by molar-refractivity contribution is -0.155. The second-order valence-electron chi connectivity index (χ2n) is 11.7. The Labute approximate surface area is 274 Å². The van der Waals surface area contributed by atoms with Gasteiger partial charge in [0.15, 0.2) is 6.10 Å². The number of amides is 2. The molecule has 3 aromatic rings. The van der Waals surface area contributed by atoms with Crippen LogP contribution in [0.25, 0.3) is 0 Å². The number of hydrogen-bond donors (Lipinski definition) is 1. The highest BCUT2D eigenvalue weighted by Gasteiger charge is 2.45. The van der Waals surface area contributed by atoms with Crippen molar-refractivity contribution in [2.45, 2.75) is 89.7 Å². The molecule has 2 amide bonds.